The first kappa shape index (κ1) is 20.0. The SMILES string of the molecule is Cc1ccc(S(=O)(=O)N2CCC(S(=O)(=O)c3ccc(F)cc3)CC2)c(C)c1. The number of hydrogen-bond donors (Lipinski definition) is 0. The molecule has 27 heavy (non-hydrogen) atoms. The molecule has 0 atom stereocenters. The molecule has 1 saturated heterocycles. The Morgan fingerprint density at radius 2 is 1.52 bits per heavy atom. The number of aryl methyl sites for hydroxylation is 2. The zero-order valence-corrected chi connectivity index (χ0v) is 16.9. The standard InChI is InChI=1S/C19H22FNO4S2/c1-14-3-8-19(15(2)13-14)27(24,25)21-11-9-18(10-12-21)26(22,23)17-6-4-16(20)5-7-17/h3-8,13,18H,9-12H2,1-2H3. The van der Waals surface area contributed by atoms with Gasteiger partial charge in [0.1, 0.15) is 5.82 Å². The van der Waals surface area contributed by atoms with E-state index in [1.165, 1.54) is 16.4 Å². The van der Waals surface area contributed by atoms with Gasteiger partial charge in [-0.25, -0.2) is 21.2 Å². The van der Waals surface area contributed by atoms with Crippen LogP contribution in [0, 0.1) is 19.7 Å². The number of sulfone groups is 1. The van der Waals surface area contributed by atoms with Gasteiger partial charge in [-0.3, -0.25) is 0 Å². The summed E-state index contributed by atoms with van der Waals surface area (Å²) in [5, 5.41) is -0.673. The number of halogens is 1. The van der Waals surface area contributed by atoms with Gasteiger partial charge in [0.15, 0.2) is 9.84 Å². The number of piperidine rings is 1. The first-order valence-corrected chi connectivity index (χ1v) is 11.7. The van der Waals surface area contributed by atoms with E-state index >= 15 is 0 Å². The topological polar surface area (TPSA) is 71.5 Å². The maximum Gasteiger partial charge on any atom is 0.243 e. The quantitative estimate of drug-likeness (QED) is 0.725. The van der Waals surface area contributed by atoms with Gasteiger partial charge in [-0.1, -0.05) is 17.7 Å². The largest absolute Gasteiger partial charge is 0.243 e. The van der Waals surface area contributed by atoms with E-state index in [4.69, 9.17) is 0 Å². The van der Waals surface area contributed by atoms with E-state index in [0.717, 1.165) is 17.7 Å². The van der Waals surface area contributed by atoms with Crippen LogP contribution in [-0.2, 0) is 19.9 Å². The molecule has 0 radical (unpaired) electrons. The maximum absolute atomic E-state index is 13.1. The maximum atomic E-state index is 13.1. The molecule has 0 saturated carbocycles. The Morgan fingerprint density at radius 1 is 0.926 bits per heavy atom. The molecular weight excluding hydrogens is 389 g/mol. The minimum Gasteiger partial charge on any atom is -0.223 e. The Hall–Kier alpha value is -1.77. The highest BCUT2D eigenvalue weighted by molar-refractivity contribution is 7.92. The molecule has 1 heterocycles. The number of benzene rings is 2. The molecule has 0 N–H and O–H groups in total. The van der Waals surface area contributed by atoms with Gasteiger partial charge >= 0.3 is 0 Å². The monoisotopic (exact) mass is 411 g/mol. The Balaban J connectivity index is 1.77. The highest BCUT2D eigenvalue weighted by Gasteiger charge is 2.36. The molecule has 1 aliphatic heterocycles. The second-order valence-corrected chi connectivity index (χ2v) is 11.0. The van der Waals surface area contributed by atoms with Crippen molar-refractivity contribution in [1.29, 1.82) is 0 Å². The number of rotatable bonds is 4. The summed E-state index contributed by atoms with van der Waals surface area (Å²) in [7, 11) is -7.27. The highest BCUT2D eigenvalue weighted by Crippen LogP contribution is 2.29. The van der Waals surface area contributed by atoms with Gasteiger partial charge in [0.2, 0.25) is 10.0 Å². The van der Waals surface area contributed by atoms with Crippen molar-refractivity contribution in [3.05, 3.63) is 59.4 Å². The van der Waals surface area contributed by atoms with Gasteiger partial charge in [0, 0.05) is 13.1 Å². The fourth-order valence-electron chi connectivity index (χ4n) is 3.43. The lowest BCUT2D eigenvalue weighted by molar-refractivity contribution is 0.345. The third-order valence-electron chi connectivity index (χ3n) is 4.93. The predicted molar refractivity (Wildman–Crippen MR) is 101 cm³/mol. The molecule has 0 aromatic heterocycles. The Morgan fingerprint density at radius 3 is 2.07 bits per heavy atom. The molecule has 0 aliphatic carbocycles. The summed E-state index contributed by atoms with van der Waals surface area (Å²) in [6.45, 7) is 3.93. The minimum absolute atomic E-state index is 0.0691. The molecule has 0 unspecified atom stereocenters. The predicted octanol–water partition coefficient (Wildman–Crippen LogP) is 3.07. The molecule has 3 rings (SSSR count). The van der Waals surface area contributed by atoms with Crippen LogP contribution in [0.15, 0.2) is 52.3 Å². The van der Waals surface area contributed by atoms with Crippen molar-refractivity contribution in [3.63, 3.8) is 0 Å². The molecule has 0 spiro atoms. The number of sulfonamides is 1. The summed E-state index contributed by atoms with van der Waals surface area (Å²) in [6, 6.07) is 9.91. The average Bonchev–Trinajstić information content (AvgIpc) is 2.62. The minimum atomic E-state index is -3.66. The van der Waals surface area contributed by atoms with Gasteiger partial charge in [-0.2, -0.15) is 4.31 Å². The lowest BCUT2D eigenvalue weighted by Crippen LogP contribution is -2.42. The van der Waals surface area contributed by atoms with Crippen molar-refractivity contribution in [1.82, 2.24) is 4.31 Å². The lowest BCUT2D eigenvalue weighted by atomic mass is 10.2. The van der Waals surface area contributed by atoms with E-state index in [-0.39, 0.29) is 35.7 Å². The van der Waals surface area contributed by atoms with Crippen molar-refractivity contribution in [2.45, 2.75) is 41.7 Å². The molecule has 1 aliphatic rings. The average molecular weight is 412 g/mol. The zero-order valence-electron chi connectivity index (χ0n) is 15.2. The molecule has 0 bridgehead atoms. The van der Waals surface area contributed by atoms with Crippen molar-refractivity contribution in [3.8, 4) is 0 Å². The second kappa shape index (κ2) is 7.33. The Bertz CT molecular complexity index is 1040. The summed E-state index contributed by atoms with van der Waals surface area (Å²) in [5.41, 5.74) is 1.66. The fourth-order valence-corrected chi connectivity index (χ4v) is 6.83. The van der Waals surface area contributed by atoms with E-state index in [1.807, 2.05) is 13.0 Å². The van der Waals surface area contributed by atoms with Crippen molar-refractivity contribution in [2.75, 3.05) is 13.1 Å². The van der Waals surface area contributed by atoms with Crippen LogP contribution < -0.4 is 0 Å². The summed E-state index contributed by atoms with van der Waals surface area (Å²) in [5.74, 6) is -0.497. The van der Waals surface area contributed by atoms with Gasteiger partial charge in [-0.15, -0.1) is 0 Å². The number of hydrogen-bond acceptors (Lipinski definition) is 4. The van der Waals surface area contributed by atoms with Gasteiger partial charge in [-0.05, 0) is 62.6 Å². The van der Waals surface area contributed by atoms with E-state index < -0.39 is 30.9 Å². The van der Waals surface area contributed by atoms with E-state index in [9.17, 15) is 21.2 Å². The van der Waals surface area contributed by atoms with Gasteiger partial charge in [0.25, 0.3) is 0 Å². The Kier molecular flexibility index (Phi) is 5.42. The third kappa shape index (κ3) is 3.93. The molecule has 5 nitrogen and oxygen atoms in total. The van der Waals surface area contributed by atoms with Crippen LogP contribution >= 0.6 is 0 Å². The van der Waals surface area contributed by atoms with Crippen LogP contribution in [0.25, 0.3) is 0 Å². The summed E-state index contributed by atoms with van der Waals surface area (Å²) >= 11 is 0. The molecule has 2 aromatic rings. The van der Waals surface area contributed by atoms with E-state index in [0.29, 0.717) is 5.56 Å². The number of nitrogens with zero attached hydrogens (tertiary/aromatic N) is 1. The van der Waals surface area contributed by atoms with Gasteiger partial charge < -0.3 is 0 Å². The Labute approximate surface area is 159 Å². The summed E-state index contributed by atoms with van der Waals surface area (Å²) in [6.07, 6.45) is 0.424. The summed E-state index contributed by atoms with van der Waals surface area (Å²) in [4.78, 5) is 0.326. The zero-order chi connectivity index (χ0) is 19.8. The smallest absolute Gasteiger partial charge is 0.223 e. The molecule has 146 valence electrons. The highest BCUT2D eigenvalue weighted by atomic mass is 32.2. The molecule has 8 heteroatoms. The first-order chi connectivity index (χ1) is 12.6. The van der Waals surface area contributed by atoms with Crippen LogP contribution in [0.5, 0.6) is 0 Å². The van der Waals surface area contributed by atoms with Crippen LogP contribution in [-0.4, -0.2) is 39.5 Å². The molecular formula is C19H22FNO4S2. The molecule has 0 amide bonds. The summed E-state index contributed by atoms with van der Waals surface area (Å²) < 4.78 is 65.7. The normalized spacial score (nSPS) is 17.1. The van der Waals surface area contributed by atoms with Crippen LogP contribution in [0.2, 0.25) is 0 Å². The fraction of sp³-hybridized carbons (Fsp3) is 0.368. The van der Waals surface area contributed by atoms with Crippen molar-refractivity contribution >= 4 is 19.9 Å². The second-order valence-electron chi connectivity index (χ2n) is 6.87. The lowest BCUT2D eigenvalue weighted by Gasteiger charge is -2.31. The van der Waals surface area contributed by atoms with Crippen LogP contribution in [0.3, 0.4) is 0 Å². The van der Waals surface area contributed by atoms with E-state index in [1.54, 1.807) is 19.1 Å². The molecule has 1 fully saturated rings. The van der Waals surface area contributed by atoms with Crippen LogP contribution in [0.4, 0.5) is 4.39 Å². The van der Waals surface area contributed by atoms with E-state index in [2.05, 4.69) is 0 Å². The third-order valence-corrected chi connectivity index (χ3v) is 9.27. The van der Waals surface area contributed by atoms with Crippen molar-refractivity contribution < 1.29 is 21.2 Å². The first-order valence-electron chi connectivity index (χ1n) is 8.69. The van der Waals surface area contributed by atoms with Gasteiger partial charge in [0.05, 0.1) is 15.0 Å². The molecule has 2 aromatic carbocycles. The van der Waals surface area contributed by atoms with Crippen molar-refractivity contribution in [2.24, 2.45) is 0 Å². The van der Waals surface area contributed by atoms with Crippen LogP contribution in [0.1, 0.15) is 24.0 Å².